The van der Waals surface area contributed by atoms with Crippen LogP contribution in [0.4, 0.5) is 0 Å². The van der Waals surface area contributed by atoms with E-state index in [1.165, 1.54) is 6.08 Å². The first-order chi connectivity index (χ1) is 7.41. The molecule has 0 spiro atoms. The van der Waals surface area contributed by atoms with Crippen LogP contribution in [0.15, 0.2) is 12.7 Å². The second kappa shape index (κ2) is 3.88. The van der Waals surface area contributed by atoms with Crippen molar-refractivity contribution in [1.82, 2.24) is 9.80 Å². The third-order valence-electron chi connectivity index (χ3n) is 3.92. The van der Waals surface area contributed by atoms with Crippen LogP contribution in [0, 0.1) is 11.8 Å². The van der Waals surface area contributed by atoms with Gasteiger partial charge in [0.05, 0.1) is 0 Å². The molecule has 90 valence electrons. The van der Waals surface area contributed by atoms with Gasteiger partial charge in [-0.1, -0.05) is 6.58 Å². The van der Waals surface area contributed by atoms with Gasteiger partial charge in [0.15, 0.2) is 0 Å². The maximum atomic E-state index is 11.5. The Hall–Kier alpha value is -0.830. The number of fused-ring (bicyclic) bond motifs is 1. The Kier molecular flexibility index (Phi) is 2.82. The van der Waals surface area contributed by atoms with Crippen LogP contribution in [0.5, 0.6) is 0 Å². The standard InChI is InChI=1S/C13H22N2O/c1-5-12(16)14-6-10-8-15(13(2,3)4)9-11(10)7-14/h5,10-11H,1,6-9H2,2-4H3/t10-,11+. The van der Waals surface area contributed by atoms with Gasteiger partial charge < -0.3 is 4.90 Å². The van der Waals surface area contributed by atoms with E-state index in [2.05, 4.69) is 32.3 Å². The predicted molar refractivity (Wildman–Crippen MR) is 65.1 cm³/mol. The van der Waals surface area contributed by atoms with Crippen LogP contribution >= 0.6 is 0 Å². The highest BCUT2D eigenvalue weighted by molar-refractivity contribution is 5.87. The second-order valence-corrected chi connectivity index (χ2v) is 6.04. The summed E-state index contributed by atoms with van der Waals surface area (Å²) in [4.78, 5) is 16.0. The summed E-state index contributed by atoms with van der Waals surface area (Å²) in [6.45, 7) is 14.5. The number of amides is 1. The molecule has 0 saturated carbocycles. The normalized spacial score (nSPS) is 30.6. The summed E-state index contributed by atoms with van der Waals surface area (Å²) in [6, 6.07) is 0. The van der Waals surface area contributed by atoms with E-state index >= 15 is 0 Å². The van der Waals surface area contributed by atoms with Gasteiger partial charge >= 0.3 is 0 Å². The first-order valence-corrected chi connectivity index (χ1v) is 6.08. The van der Waals surface area contributed by atoms with Crippen LogP contribution in [0.3, 0.4) is 0 Å². The molecule has 2 aliphatic heterocycles. The predicted octanol–water partition coefficient (Wildman–Crippen LogP) is 1.36. The zero-order valence-corrected chi connectivity index (χ0v) is 10.6. The highest BCUT2D eigenvalue weighted by Crippen LogP contribution is 2.34. The average molecular weight is 222 g/mol. The van der Waals surface area contributed by atoms with Gasteiger partial charge in [0.2, 0.25) is 5.91 Å². The number of hydrogen-bond donors (Lipinski definition) is 0. The van der Waals surface area contributed by atoms with Crippen molar-refractivity contribution in [3.05, 3.63) is 12.7 Å². The fourth-order valence-electron chi connectivity index (χ4n) is 2.85. The van der Waals surface area contributed by atoms with Crippen molar-refractivity contribution >= 4 is 5.91 Å². The molecule has 2 aliphatic rings. The zero-order chi connectivity index (χ0) is 11.9. The van der Waals surface area contributed by atoms with Gasteiger partial charge in [-0.05, 0) is 38.7 Å². The molecule has 0 N–H and O–H groups in total. The number of carbonyl (C=O) groups excluding carboxylic acids is 1. The van der Waals surface area contributed by atoms with Gasteiger partial charge in [0.1, 0.15) is 0 Å². The minimum Gasteiger partial charge on any atom is -0.339 e. The number of likely N-dealkylation sites (tertiary alicyclic amines) is 2. The van der Waals surface area contributed by atoms with Crippen molar-refractivity contribution in [3.8, 4) is 0 Å². The van der Waals surface area contributed by atoms with Crippen molar-refractivity contribution in [2.75, 3.05) is 26.2 Å². The summed E-state index contributed by atoms with van der Waals surface area (Å²) < 4.78 is 0. The molecule has 0 aromatic carbocycles. The molecule has 2 heterocycles. The molecule has 2 fully saturated rings. The van der Waals surface area contributed by atoms with Crippen LogP contribution in [0.25, 0.3) is 0 Å². The van der Waals surface area contributed by atoms with E-state index in [9.17, 15) is 4.79 Å². The maximum Gasteiger partial charge on any atom is 0.245 e. The molecule has 2 rings (SSSR count). The van der Waals surface area contributed by atoms with Crippen LogP contribution in [0.2, 0.25) is 0 Å². The van der Waals surface area contributed by atoms with Gasteiger partial charge in [0, 0.05) is 31.7 Å². The van der Waals surface area contributed by atoms with Crippen molar-refractivity contribution in [1.29, 1.82) is 0 Å². The molecule has 2 atom stereocenters. The minimum atomic E-state index is 0.0942. The molecular weight excluding hydrogens is 200 g/mol. The summed E-state index contributed by atoms with van der Waals surface area (Å²) in [5.41, 5.74) is 0.262. The fourth-order valence-corrected chi connectivity index (χ4v) is 2.85. The summed E-state index contributed by atoms with van der Waals surface area (Å²) >= 11 is 0. The van der Waals surface area contributed by atoms with Crippen molar-refractivity contribution in [2.45, 2.75) is 26.3 Å². The maximum absolute atomic E-state index is 11.5. The van der Waals surface area contributed by atoms with Gasteiger partial charge in [-0.2, -0.15) is 0 Å². The molecule has 3 nitrogen and oxygen atoms in total. The average Bonchev–Trinajstić information content (AvgIpc) is 2.71. The van der Waals surface area contributed by atoms with Gasteiger partial charge in [-0.15, -0.1) is 0 Å². The van der Waals surface area contributed by atoms with Gasteiger partial charge in [0.25, 0.3) is 0 Å². The number of rotatable bonds is 1. The van der Waals surface area contributed by atoms with Crippen LogP contribution in [-0.2, 0) is 4.79 Å². The lowest BCUT2D eigenvalue weighted by atomic mass is 10.0. The smallest absolute Gasteiger partial charge is 0.245 e. The molecule has 16 heavy (non-hydrogen) atoms. The minimum absolute atomic E-state index is 0.0942. The molecule has 0 aliphatic carbocycles. The zero-order valence-electron chi connectivity index (χ0n) is 10.6. The summed E-state index contributed by atoms with van der Waals surface area (Å²) in [7, 11) is 0. The lowest BCUT2D eigenvalue weighted by Gasteiger charge is -2.33. The Morgan fingerprint density at radius 2 is 1.69 bits per heavy atom. The highest BCUT2D eigenvalue weighted by Gasteiger charge is 2.43. The Labute approximate surface area is 98.1 Å². The topological polar surface area (TPSA) is 23.6 Å². The molecule has 0 aromatic heterocycles. The third-order valence-corrected chi connectivity index (χ3v) is 3.92. The Bertz CT molecular complexity index is 292. The summed E-state index contributed by atoms with van der Waals surface area (Å²) in [5, 5.41) is 0. The van der Waals surface area contributed by atoms with E-state index in [4.69, 9.17) is 0 Å². The first kappa shape index (κ1) is 11.6. The summed E-state index contributed by atoms with van der Waals surface area (Å²) in [5.74, 6) is 1.43. The number of hydrogen-bond acceptors (Lipinski definition) is 2. The second-order valence-electron chi connectivity index (χ2n) is 6.04. The van der Waals surface area contributed by atoms with E-state index < -0.39 is 0 Å². The first-order valence-electron chi connectivity index (χ1n) is 6.08. The monoisotopic (exact) mass is 222 g/mol. The molecular formula is C13H22N2O. The van der Waals surface area contributed by atoms with E-state index in [0.717, 1.165) is 26.2 Å². The molecule has 3 heteroatoms. The third kappa shape index (κ3) is 2.01. The Balaban J connectivity index is 1.96. The van der Waals surface area contributed by atoms with E-state index in [1.54, 1.807) is 0 Å². The van der Waals surface area contributed by atoms with Crippen LogP contribution in [0.1, 0.15) is 20.8 Å². The molecule has 0 unspecified atom stereocenters. The Morgan fingerprint density at radius 1 is 1.19 bits per heavy atom. The van der Waals surface area contributed by atoms with Crippen LogP contribution < -0.4 is 0 Å². The lowest BCUT2D eigenvalue weighted by molar-refractivity contribution is -0.125. The highest BCUT2D eigenvalue weighted by atomic mass is 16.2. The number of carbonyl (C=O) groups is 1. The van der Waals surface area contributed by atoms with E-state index in [0.29, 0.717) is 11.8 Å². The van der Waals surface area contributed by atoms with Gasteiger partial charge in [-0.25, -0.2) is 0 Å². The molecule has 1 amide bonds. The van der Waals surface area contributed by atoms with Crippen molar-refractivity contribution in [2.24, 2.45) is 11.8 Å². The quantitative estimate of drug-likeness (QED) is 0.625. The lowest BCUT2D eigenvalue weighted by Crippen LogP contribution is -2.42. The van der Waals surface area contributed by atoms with Crippen molar-refractivity contribution in [3.63, 3.8) is 0 Å². The SMILES string of the molecule is C=CC(=O)N1C[C@@H]2CN(C(C)(C)C)C[C@@H]2C1. The number of nitrogens with zero attached hydrogens (tertiary/aromatic N) is 2. The Morgan fingerprint density at radius 3 is 2.06 bits per heavy atom. The molecule has 2 saturated heterocycles. The fraction of sp³-hybridized carbons (Fsp3) is 0.769. The molecule has 0 bridgehead atoms. The summed E-state index contributed by atoms with van der Waals surface area (Å²) in [6.07, 6.45) is 1.43. The van der Waals surface area contributed by atoms with Crippen LogP contribution in [-0.4, -0.2) is 47.4 Å². The van der Waals surface area contributed by atoms with Gasteiger partial charge in [-0.3, -0.25) is 9.69 Å². The molecule has 0 radical (unpaired) electrons. The molecule has 0 aromatic rings. The largest absolute Gasteiger partial charge is 0.339 e. The van der Waals surface area contributed by atoms with Crippen molar-refractivity contribution < 1.29 is 4.79 Å². The van der Waals surface area contributed by atoms with E-state index in [1.807, 2.05) is 4.90 Å². The van der Waals surface area contributed by atoms with E-state index in [-0.39, 0.29) is 11.4 Å².